The highest BCUT2D eigenvalue weighted by atomic mass is 16.4. The van der Waals surface area contributed by atoms with Crippen LogP contribution in [0.4, 0.5) is 0 Å². The summed E-state index contributed by atoms with van der Waals surface area (Å²) in [7, 11) is 0. The summed E-state index contributed by atoms with van der Waals surface area (Å²) in [6.07, 6.45) is 3.95. The number of aliphatic hydroxyl groups is 2. The molecule has 0 amide bonds. The first-order valence-corrected chi connectivity index (χ1v) is 4.69. The average Bonchev–Trinajstić information content (AvgIpc) is 2.08. The van der Waals surface area contributed by atoms with Gasteiger partial charge in [-0.25, -0.2) is 0 Å². The molecular formula is C10H18O6. The summed E-state index contributed by atoms with van der Waals surface area (Å²) in [6, 6.07) is 0. The van der Waals surface area contributed by atoms with Crippen molar-refractivity contribution >= 4 is 11.9 Å². The van der Waals surface area contributed by atoms with Crippen molar-refractivity contribution in [1.82, 2.24) is 0 Å². The molecule has 0 saturated carbocycles. The van der Waals surface area contributed by atoms with E-state index in [9.17, 15) is 0 Å². The Morgan fingerprint density at radius 1 is 1.12 bits per heavy atom. The predicted octanol–water partition coefficient (Wildman–Crippen LogP) is 0.240. The Kier molecular flexibility index (Phi) is 10.8. The average molecular weight is 234 g/mol. The van der Waals surface area contributed by atoms with Gasteiger partial charge in [0.1, 0.15) is 0 Å². The van der Waals surface area contributed by atoms with Gasteiger partial charge >= 0.3 is 0 Å². The fourth-order valence-corrected chi connectivity index (χ4v) is 0.802. The van der Waals surface area contributed by atoms with Crippen LogP contribution in [-0.4, -0.2) is 44.6 Å². The maximum absolute atomic E-state index is 9.00. The maximum Gasteiger partial charge on any atom is 0.300 e. The Labute approximate surface area is 93.8 Å². The molecule has 1 rings (SSSR count). The molecule has 94 valence electrons. The van der Waals surface area contributed by atoms with Gasteiger partial charge in [-0.05, 0) is 12.8 Å². The molecule has 1 aliphatic rings. The number of hydrogen-bond donors (Lipinski definition) is 4. The lowest BCUT2D eigenvalue weighted by molar-refractivity contribution is -0.135. The smallest absolute Gasteiger partial charge is 0.300 e. The topological polar surface area (TPSA) is 115 Å². The summed E-state index contributed by atoms with van der Waals surface area (Å²) in [5.41, 5.74) is 0. The van der Waals surface area contributed by atoms with Crippen molar-refractivity contribution in [3.63, 3.8) is 0 Å². The Morgan fingerprint density at radius 2 is 1.50 bits per heavy atom. The molecule has 2 unspecified atom stereocenters. The molecule has 2 atom stereocenters. The van der Waals surface area contributed by atoms with Gasteiger partial charge in [-0.1, -0.05) is 12.2 Å². The number of allylic oxidation sites excluding steroid dienone is 1. The van der Waals surface area contributed by atoms with Gasteiger partial charge in [0.2, 0.25) is 0 Å². The first-order chi connectivity index (χ1) is 7.27. The maximum atomic E-state index is 9.00. The highest BCUT2D eigenvalue weighted by Gasteiger charge is 2.14. The van der Waals surface area contributed by atoms with Gasteiger partial charge in [0, 0.05) is 13.8 Å². The van der Waals surface area contributed by atoms with Crippen molar-refractivity contribution in [2.75, 3.05) is 0 Å². The van der Waals surface area contributed by atoms with Crippen LogP contribution in [0.1, 0.15) is 26.7 Å². The first-order valence-electron chi connectivity index (χ1n) is 4.69. The van der Waals surface area contributed by atoms with Gasteiger partial charge < -0.3 is 20.4 Å². The number of hydrogen-bond acceptors (Lipinski definition) is 4. The summed E-state index contributed by atoms with van der Waals surface area (Å²) in [5.74, 6) is -1.67. The number of rotatable bonds is 0. The van der Waals surface area contributed by atoms with Crippen LogP contribution in [0.3, 0.4) is 0 Å². The quantitative estimate of drug-likeness (QED) is 0.446. The SMILES string of the molecule is CC(=O)O.CC(=O)O.OC1C=CCCC1O. The minimum absolute atomic E-state index is 0.528. The van der Waals surface area contributed by atoms with Crippen molar-refractivity contribution in [2.24, 2.45) is 0 Å². The molecule has 6 nitrogen and oxygen atoms in total. The molecule has 0 heterocycles. The van der Waals surface area contributed by atoms with E-state index < -0.39 is 24.1 Å². The fraction of sp³-hybridized carbons (Fsp3) is 0.600. The monoisotopic (exact) mass is 234 g/mol. The zero-order valence-electron chi connectivity index (χ0n) is 9.33. The molecule has 0 radical (unpaired) electrons. The molecule has 0 aliphatic heterocycles. The van der Waals surface area contributed by atoms with Crippen LogP contribution in [-0.2, 0) is 9.59 Å². The lowest BCUT2D eigenvalue weighted by Crippen LogP contribution is -2.25. The minimum atomic E-state index is -0.833. The number of aliphatic hydroxyl groups excluding tert-OH is 2. The summed E-state index contributed by atoms with van der Waals surface area (Å²) in [5, 5.41) is 32.6. The van der Waals surface area contributed by atoms with E-state index in [-0.39, 0.29) is 0 Å². The van der Waals surface area contributed by atoms with Crippen LogP contribution < -0.4 is 0 Å². The second-order valence-electron chi connectivity index (χ2n) is 3.10. The number of carboxylic acid groups (broad SMARTS) is 2. The minimum Gasteiger partial charge on any atom is -0.481 e. The highest BCUT2D eigenvalue weighted by Crippen LogP contribution is 2.10. The second kappa shape index (κ2) is 10.1. The summed E-state index contributed by atoms with van der Waals surface area (Å²) in [4.78, 5) is 18.0. The Morgan fingerprint density at radius 3 is 1.69 bits per heavy atom. The van der Waals surface area contributed by atoms with Crippen molar-refractivity contribution < 1.29 is 30.0 Å². The van der Waals surface area contributed by atoms with Gasteiger partial charge in [-0.15, -0.1) is 0 Å². The van der Waals surface area contributed by atoms with E-state index in [4.69, 9.17) is 30.0 Å². The van der Waals surface area contributed by atoms with Gasteiger partial charge in [0.15, 0.2) is 0 Å². The summed E-state index contributed by atoms with van der Waals surface area (Å²) >= 11 is 0. The molecule has 0 aromatic carbocycles. The van der Waals surface area contributed by atoms with Crippen LogP contribution in [0.2, 0.25) is 0 Å². The van der Waals surface area contributed by atoms with Crippen molar-refractivity contribution in [3.8, 4) is 0 Å². The standard InChI is InChI=1S/C6H10O2.2C2H4O2/c7-5-3-1-2-4-6(5)8;2*1-2(3)4/h1,3,5-8H,2,4H2;2*1H3,(H,3,4). The third-order valence-electron chi connectivity index (χ3n) is 1.36. The third kappa shape index (κ3) is 18.4. The lowest BCUT2D eigenvalue weighted by atomic mass is 10.0. The van der Waals surface area contributed by atoms with E-state index in [0.29, 0.717) is 6.42 Å². The molecule has 0 bridgehead atoms. The largest absolute Gasteiger partial charge is 0.481 e. The van der Waals surface area contributed by atoms with Crippen LogP contribution in [0.5, 0.6) is 0 Å². The van der Waals surface area contributed by atoms with Crippen molar-refractivity contribution in [3.05, 3.63) is 12.2 Å². The van der Waals surface area contributed by atoms with E-state index in [0.717, 1.165) is 20.3 Å². The van der Waals surface area contributed by atoms with Gasteiger partial charge in [-0.3, -0.25) is 9.59 Å². The zero-order chi connectivity index (χ0) is 13.1. The van der Waals surface area contributed by atoms with Gasteiger partial charge in [0.25, 0.3) is 11.9 Å². The zero-order valence-corrected chi connectivity index (χ0v) is 9.33. The van der Waals surface area contributed by atoms with E-state index in [1.54, 1.807) is 6.08 Å². The predicted molar refractivity (Wildman–Crippen MR) is 57.0 cm³/mol. The third-order valence-corrected chi connectivity index (χ3v) is 1.36. The number of carboxylic acids is 2. The Hall–Kier alpha value is -1.40. The van der Waals surface area contributed by atoms with Crippen LogP contribution in [0.25, 0.3) is 0 Å². The first kappa shape index (κ1) is 17.0. The van der Waals surface area contributed by atoms with E-state index in [2.05, 4.69) is 0 Å². The Balaban J connectivity index is 0. The van der Waals surface area contributed by atoms with E-state index in [1.165, 1.54) is 0 Å². The molecule has 0 spiro atoms. The molecular weight excluding hydrogens is 216 g/mol. The van der Waals surface area contributed by atoms with Crippen LogP contribution in [0.15, 0.2) is 12.2 Å². The molecule has 16 heavy (non-hydrogen) atoms. The molecule has 0 aromatic heterocycles. The molecule has 0 aromatic rings. The van der Waals surface area contributed by atoms with Gasteiger partial charge in [-0.2, -0.15) is 0 Å². The van der Waals surface area contributed by atoms with E-state index in [1.807, 2.05) is 6.08 Å². The summed E-state index contributed by atoms with van der Waals surface area (Å²) < 4.78 is 0. The van der Waals surface area contributed by atoms with Gasteiger partial charge in [0.05, 0.1) is 12.2 Å². The molecule has 0 fully saturated rings. The van der Waals surface area contributed by atoms with Crippen molar-refractivity contribution in [2.45, 2.75) is 38.9 Å². The molecule has 6 heteroatoms. The molecule has 0 saturated heterocycles. The second-order valence-corrected chi connectivity index (χ2v) is 3.10. The molecule has 4 N–H and O–H groups in total. The van der Waals surface area contributed by atoms with Crippen molar-refractivity contribution in [1.29, 1.82) is 0 Å². The summed E-state index contributed by atoms with van der Waals surface area (Å²) in [6.45, 7) is 2.17. The normalized spacial score (nSPS) is 22.0. The Bertz CT molecular complexity index is 215. The number of carbonyl (C=O) groups is 2. The highest BCUT2D eigenvalue weighted by molar-refractivity contribution is 5.63. The fourth-order valence-electron chi connectivity index (χ4n) is 0.802. The molecule has 1 aliphatic carbocycles. The number of aliphatic carboxylic acids is 2. The van der Waals surface area contributed by atoms with Crippen LogP contribution in [0, 0.1) is 0 Å². The van der Waals surface area contributed by atoms with Crippen LogP contribution >= 0.6 is 0 Å². The lowest BCUT2D eigenvalue weighted by Gasteiger charge is -2.16. The van der Waals surface area contributed by atoms with E-state index >= 15 is 0 Å².